The Morgan fingerprint density at radius 3 is 2.56 bits per heavy atom. The Kier molecular flexibility index (Phi) is 7.83. The van der Waals surface area contributed by atoms with Crippen molar-refractivity contribution in [2.45, 2.75) is 44.4 Å². The Morgan fingerprint density at radius 2 is 1.87 bits per heavy atom. The third-order valence-electron chi connectivity index (χ3n) is 7.39. The van der Waals surface area contributed by atoms with Gasteiger partial charge in [0, 0.05) is 41.9 Å². The van der Waals surface area contributed by atoms with Crippen LogP contribution in [-0.2, 0) is 16.0 Å². The van der Waals surface area contributed by atoms with Crippen LogP contribution in [0.15, 0.2) is 42.5 Å². The number of ether oxygens (including phenoxy) is 3. The van der Waals surface area contributed by atoms with Crippen LogP contribution in [0, 0.1) is 0 Å². The summed E-state index contributed by atoms with van der Waals surface area (Å²) in [6, 6.07) is 13.0. The van der Waals surface area contributed by atoms with E-state index >= 15 is 0 Å². The highest BCUT2D eigenvalue weighted by Gasteiger charge is 2.44. The predicted molar refractivity (Wildman–Crippen MR) is 142 cm³/mol. The number of hydrogen-bond acceptors (Lipinski definition) is 7. The molecule has 1 aliphatic heterocycles. The second-order valence-corrected chi connectivity index (χ2v) is 9.92. The fourth-order valence-corrected chi connectivity index (χ4v) is 5.47. The number of para-hydroxylation sites is 1. The number of pyridine rings is 1. The lowest BCUT2D eigenvalue weighted by atomic mass is 10.0. The Morgan fingerprint density at radius 1 is 1.13 bits per heavy atom. The molecule has 0 amide bonds. The minimum absolute atomic E-state index is 0.227. The predicted octanol–water partition coefficient (Wildman–Crippen LogP) is 5.97. The average molecular weight is 544 g/mol. The number of likely N-dealkylation sites (tertiary alicyclic amines) is 1. The number of alkyl halides is 3. The first kappa shape index (κ1) is 27.1. The molecule has 0 radical (unpaired) electrons. The lowest BCUT2D eigenvalue weighted by Crippen LogP contribution is -2.26. The normalized spacial score (nSPS) is 17.3. The van der Waals surface area contributed by atoms with Crippen molar-refractivity contribution in [3.8, 4) is 11.5 Å². The van der Waals surface area contributed by atoms with Gasteiger partial charge in [0.15, 0.2) is 11.5 Å². The van der Waals surface area contributed by atoms with Crippen LogP contribution in [0.1, 0.15) is 42.9 Å². The SMILES string of the molecule is COc1cc2c3c(c(N(C)c4ccccc4)nc2cc1OCCCN1CCCC1)CCC3OC(=O)C(F)(F)F. The fraction of sp³-hybridized carbons (Fsp3) is 0.448. The topological polar surface area (TPSA) is 64.1 Å². The van der Waals surface area contributed by atoms with E-state index in [-0.39, 0.29) is 6.42 Å². The van der Waals surface area contributed by atoms with E-state index in [1.165, 1.54) is 20.0 Å². The highest BCUT2D eigenvalue weighted by molar-refractivity contribution is 5.91. The molecule has 1 aliphatic carbocycles. The number of benzene rings is 2. The molecular formula is C29H32F3N3O4. The number of hydrogen-bond donors (Lipinski definition) is 0. The quantitative estimate of drug-likeness (QED) is 0.243. The number of halogens is 3. The van der Waals surface area contributed by atoms with Gasteiger partial charge in [-0.1, -0.05) is 18.2 Å². The van der Waals surface area contributed by atoms with Crippen molar-refractivity contribution in [3.05, 3.63) is 53.6 Å². The molecule has 1 unspecified atom stereocenters. The Balaban J connectivity index is 1.53. The zero-order chi connectivity index (χ0) is 27.6. The van der Waals surface area contributed by atoms with Crippen LogP contribution in [0.5, 0.6) is 11.5 Å². The highest BCUT2D eigenvalue weighted by Crippen LogP contribution is 2.46. The first-order valence-electron chi connectivity index (χ1n) is 13.2. The molecule has 5 rings (SSSR count). The first-order chi connectivity index (χ1) is 18.8. The van der Waals surface area contributed by atoms with Crippen molar-refractivity contribution in [2.75, 3.05) is 45.3 Å². The summed E-state index contributed by atoms with van der Waals surface area (Å²) >= 11 is 0. The number of rotatable bonds is 9. The summed E-state index contributed by atoms with van der Waals surface area (Å²) in [5, 5.41) is 0.578. The number of aromatic nitrogens is 1. The number of carbonyl (C=O) groups excluding carboxylic acids is 1. The molecular weight excluding hydrogens is 511 g/mol. The number of esters is 1. The van der Waals surface area contributed by atoms with E-state index in [9.17, 15) is 18.0 Å². The molecule has 2 aromatic carbocycles. The molecule has 0 bridgehead atoms. The molecule has 2 aliphatic rings. The van der Waals surface area contributed by atoms with Gasteiger partial charge in [0.05, 0.1) is 19.2 Å². The molecule has 0 saturated carbocycles. The maximum atomic E-state index is 13.1. The van der Waals surface area contributed by atoms with E-state index in [2.05, 4.69) is 4.90 Å². The summed E-state index contributed by atoms with van der Waals surface area (Å²) in [6.45, 7) is 3.68. The van der Waals surface area contributed by atoms with Crippen molar-refractivity contribution in [1.29, 1.82) is 0 Å². The largest absolute Gasteiger partial charge is 0.493 e. The Labute approximate surface area is 225 Å². The molecule has 2 heterocycles. The van der Waals surface area contributed by atoms with Crippen LogP contribution in [-0.4, -0.2) is 62.4 Å². The molecule has 1 fully saturated rings. The number of methoxy groups -OCH3 is 1. The lowest BCUT2D eigenvalue weighted by Gasteiger charge is -2.24. The van der Waals surface area contributed by atoms with E-state index in [1.807, 2.05) is 42.3 Å². The summed E-state index contributed by atoms with van der Waals surface area (Å²) in [7, 11) is 3.38. The van der Waals surface area contributed by atoms with Gasteiger partial charge >= 0.3 is 12.1 Å². The smallest absolute Gasteiger partial charge is 0.490 e. The van der Waals surface area contributed by atoms with Gasteiger partial charge < -0.3 is 24.0 Å². The van der Waals surface area contributed by atoms with Crippen LogP contribution < -0.4 is 14.4 Å². The molecule has 3 aromatic rings. The fourth-order valence-electron chi connectivity index (χ4n) is 5.47. The molecule has 39 heavy (non-hydrogen) atoms. The van der Waals surface area contributed by atoms with E-state index in [0.29, 0.717) is 46.8 Å². The number of carbonyl (C=O) groups is 1. The van der Waals surface area contributed by atoms with E-state index < -0.39 is 18.2 Å². The zero-order valence-electron chi connectivity index (χ0n) is 22.1. The van der Waals surface area contributed by atoms with Gasteiger partial charge in [-0.25, -0.2) is 9.78 Å². The summed E-state index contributed by atoms with van der Waals surface area (Å²) in [4.78, 5) is 21.0. The van der Waals surface area contributed by atoms with Crippen molar-refractivity contribution in [1.82, 2.24) is 9.88 Å². The molecule has 1 aromatic heterocycles. The molecule has 10 heteroatoms. The van der Waals surface area contributed by atoms with Crippen LogP contribution in [0.25, 0.3) is 10.9 Å². The van der Waals surface area contributed by atoms with Crippen molar-refractivity contribution >= 4 is 28.4 Å². The van der Waals surface area contributed by atoms with Gasteiger partial charge in [-0.3, -0.25) is 0 Å². The third-order valence-corrected chi connectivity index (χ3v) is 7.39. The van der Waals surface area contributed by atoms with Gasteiger partial charge in [0.25, 0.3) is 0 Å². The average Bonchev–Trinajstić information content (AvgIpc) is 3.60. The minimum atomic E-state index is -5.08. The second kappa shape index (κ2) is 11.3. The number of fused-ring (bicyclic) bond motifs is 3. The van der Waals surface area contributed by atoms with Gasteiger partial charge in [-0.05, 0) is 63.4 Å². The van der Waals surface area contributed by atoms with Crippen LogP contribution >= 0.6 is 0 Å². The van der Waals surface area contributed by atoms with E-state index in [4.69, 9.17) is 19.2 Å². The molecule has 208 valence electrons. The highest BCUT2D eigenvalue weighted by atomic mass is 19.4. The molecule has 1 atom stereocenters. The van der Waals surface area contributed by atoms with Gasteiger partial charge in [-0.2, -0.15) is 13.2 Å². The molecule has 1 saturated heterocycles. The van der Waals surface area contributed by atoms with Gasteiger partial charge in [0.2, 0.25) is 0 Å². The lowest BCUT2D eigenvalue weighted by molar-refractivity contribution is -0.205. The summed E-state index contributed by atoms with van der Waals surface area (Å²) in [5.41, 5.74) is 2.66. The molecule has 0 N–H and O–H groups in total. The molecule has 7 nitrogen and oxygen atoms in total. The summed E-state index contributed by atoms with van der Waals surface area (Å²) in [6.07, 6.45) is -2.18. The zero-order valence-corrected chi connectivity index (χ0v) is 22.1. The van der Waals surface area contributed by atoms with Crippen LogP contribution in [0.4, 0.5) is 24.7 Å². The van der Waals surface area contributed by atoms with Gasteiger partial charge in [0.1, 0.15) is 11.9 Å². The number of nitrogens with zero attached hydrogens (tertiary/aromatic N) is 3. The number of anilines is 2. The minimum Gasteiger partial charge on any atom is -0.493 e. The third kappa shape index (κ3) is 5.75. The Hall–Kier alpha value is -3.53. The molecule has 0 spiro atoms. The first-order valence-corrected chi connectivity index (χ1v) is 13.2. The Bertz CT molecular complexity index is 1330. The standard InChI is InChI=1S/C29H32F3N3O4/c1-34(19-9-4-3-5-10-19)27-20-11-12-23(39-28(36)29(30,31)32)26(20)21-17-24(37-2)25(18-22(21)33-27)38-16-8-15-35-13-6-7-14-35/h3-5,9-10,17-18,23H,6-8,11-16H2,1-2H3. The second-order valence-electron chi connectivity index (χ2n) is 9.92. The maximum absolute atomic E-state index is 13.1. The van der Waals surface area contributed by atoms with Crippen molar-refractivity contribution in [3.63, 3.8) is 0 Å². The van der Waals surface area contributed by atoms with Crippen molar-refractivity contribution < 1.29 is 32.2 Å². The van der Waals surface area contributed by atoms with Crippen LogP contribution in [0.2, 0.25) is 0 Å². The summed E-state index contributed by atoms with van der Waals surface area (Å²) in [5.74, 6) is -0.647. The van der Waals surface area contributed by atoms with Crippen molar-refractivity contribution in [2.24, 2.45) is 0 Å². The van der Waals surface area contributed by atoms with Gasteiger partial charge in [-0.15, -0.1) is 0 Å². The van der Waals surface area contributed by atoms with E-state index in [0.717, 1.165) is 37.3 Å². The monoisotopic (exact) mass is 543 g/mol. The maximum Gasteiger partial charge on any atom is 0.490 e. The van der Waals surface area contributed by atoms with E-state index in [1.54, 1.807) is 12.1 Å². The van der Waals surface area contributed by atoms with Crippen LogP contribution in [0.3, 0.4) is 0 Å². The summed E-state index contributed by atoms with van der Waals surface area (Å²) < 4.78 is 56.0.